The van der Waals surface area contributed by atoms with Crippen LogP contribution in [0.1, 0.15) is 24.0 Å². The molecule has 98 valence electrons. The van der Waals surface area contributed by atoms with Crippen molar-refractivity contribution in [2.45, 2.75) is 19.4 Å². The summed E-state index contributed by atoms with van der Waals surface area (Å²) >= 11 is 5.08. The number of aliphatic hydroxyl groups is 1. The third-order valence-corrected chi connectivity index (χ3v) is 3.86. The molecule has 0 amide bonds. The van der Waals surface area contributed by atoms with Gasteiger partial charge in [0.05, 0.1) is 0 Å². The third-order valence-electron chi connectivity index (χ3n) is 3.64. The lowest BCUT2D eigenvalue weighted by Crippen LogP contribution is -2.34. The van der Waals surface area contributed by atoms with Gasteiger partial charge >= 0.3 is 0 Å². The summed E-state index contributed by atoms with van der Waals surface area (Å²) in [6.45, 7) is 3.29. The number of nitrogens with two attached hydrogens (primary N) is 1. The van der Waals surface area contributed by atoms with E-state index in [2.05, 4.69) is 11.0 Å². The lowest BCUT2D eigenvalue weighted by Gasteiger charge is -2.31. The molecule has 0 aliphatic carbocycles. The molecule has 4 heteroatoms. The number of rotatable bonds is 4. The Bertz CT molecular complexity index is 414. The van der Waals surface area contributed by atoms with Crippen molar-refractivity contribution >= 4 is 17.2 Å². The number of aliphatic hydroxyl groups excluding tert-OH is 1. The average Bonchev–Trinajstić information content (AvgIpc) is 2.40. The lowest BCUT2D eigenvalue weighted by atomic mass is 9.97. The van der Waals surface area contributed by atoms with Crippen molar-refractivity contribution in [3.63, 3.8) is 0 Å². The first kappa shape index (κ1) is 13.5. The van der Waals surface area contributed by atoms with Crippen molar-refractivity contribution in [2.24, 2.45) is 11.7 Å². The highest BCUT2D eigenvalue weighted by molar-refractivity contribution is 7.80. The predicted octanol–water partition coefficient (Wildman–Crippen LogP) is 1.53. The maximum Gasteiger partial charge on any atom is 0.104 e. The van der Waals surface area contributed by atoms with Gasteiger partial charge in [0, 0.05) is 18.7 Å². The molecule has 0 saturated carbocycles. The van der Waals surface area contributed by atoms with Gasteiger partial charge in [-0.2, -0.15) is 0 Å². The zero-order valence-electron chi connectivity index (χ0n) is 10.5. The molecular weight excluding hydrogens is 244 g/mol. The third kappa shape index (κ3) is 3.28. The predicted molar refractivity (Wildman–Crippen MR) is 77.4 cm³/mol. The first-order valence-electron chi connectivity index (χ1n) is 6.41. The van der Waals surface area contributed by atoms with Crippen LogP contribution in [0.5, 0.6) is 0 Å². The fourth-order valence-electron chi connectivity index (χ4n) is 2.47. The Balaban J connectivity index is 2.00. The molecule has 3 N–H and O–H groups in total. The summed E-state index contributed by atoms with van der Waals surface area (Å²) in [4.78, 5) is 2.87. The SMILES string of the molecule is NC(=S)c1ccccc1CN1CCC(CO)CC1. The van der Waals surface area contributed by atoms with Crippen LogP contribution in [0.4, 0.5) is 0 Å². The van der Waals surface area contributed by atoms with E-state index in [1.807, 2.05) is 18.2 Å². The van der Waals surface area contributed by atoms with Gasteiger partial charge in [0.15, 0.2) is 0 Å². The summed E-state index contributed by atoms with van der Waals surface area (Å²) in [5.41, 5.74) is 7.93. The second-order valence-corrected chi connectivity index (χ2v) is 5.36. The quantitative estimate of drug-likeness (QED) is 0.810. The number of thiocarbonyl (C=S) groups is 1. The Morgan fingerprint density at radius 3 is 2.61 bits per heavy atom. The summed E-state index contributed by atoms with van der Waals surface area (Å²) in [6.07, 6.45) is 2.15. The number of benzene rings is 1. The monoisotopic (exact) mass is 264 g/mol. The zero-order chi connectivity index (χ0) is 13.0. The van der Waals surface area contributed by atoms with Gasteiger partial charge in [0.2, 0.25) is 0 Å². The van der Waals surface area contributed by atoms with Gasteiger partial charge in [0.1, 0.15) is 4.99 Å². The molecule has 0 radical (unpaired) electrons. The summed E-state index contributed by atoms with van der Waals surface area (Å²) in [5, 5.41) is 9.13. The molecule has 3 nitrogen and oxygen atoms in total. The molecule has 0 aromatic heterocycles. The maximum absolute atomic E-state index is 9.13. The van der Waals surface area contributed by atoms with Gasteiger partial charge in [-0.15, -0.1) is 0 Å². The van der Waals surface area contributed by atoms with Crippen LogP contribution in [0.25, 0.3) is 0 Å². The number of piperidine rings is 1. The van der Waals surface area contributed by atoms with Crippen LogP contribution in [0.3, 0.4) is 0 Å². The minimum atomic E-state index is 0.317. The Morgan fingerprint density at radius 2 is 2.00 bits per heavy atom. The molecule has 1 heterocycles. The van der Waals surface area contributed by atoms with E-state index in [0.29, 0.717) is 17.5 Å². The largest absolute Gasteiger partial charge is 0.396 e. The summed E-state index contributed by atoms with van der Waals surface area (Å²) in [6, 6.07) is 8.07. The van der Waals surface area contributed by atoms with Crippen LogP contribution < -0.4 is 5.73 Å². The normalized spacial score (nSPS) is 17.8. The van der Waals surface area contributed by atoms with Gasteiger partial charge in [0.25, 0.3) is 0 Å². The smallest absolute Gasteiger partial charge is 0.104 e. The summed E-state index contributed by atoms with van der Waals surface area (Å²) < 4.78 is 0. The maximum atomic E-state index is 9.13. The molecule has 0 unspecified atom stereocenters. The molecule has 1 fully saturated rings. The van der Waals surface area contributed by atoms with Crippen LogP contribution in [0.2, 0.25) is 0 Å². The average molecular weight is 264 g/mol. The van der Waals surface area contributed by atoms with E-state index in [1.54, 1.807) is 0 Å². The summed E-state index contributed by atoms with van der Waals surface area (Å²) in [7, 11) is 0. The number of hydrogen-bond acceptors (Lipinski definition) is 3. The van der Waals surface area contributed by atoms with E-state index >= 15 is 0 Å². The highest BCUT2D eigenvalue weighted by Crippen LogP contribution is 2.19. The van der Waals surface area contributed by atoms with Gasteiger partial charge in [-0.05, 0) is 37.4 Å². The molecule has 1 saturated heterocycles. The number of likely N-dealkylation sites (tertiary alicyclic amines) is 1. The zero-order valence-corrected chi connectivity index (χ0v) is 11.3. The molecule has 18 heavy (non-hydrogen) atoms. The van der Waals surface area contributed by atoms with E-state index in [4.69, 9.17) is 23.1 Å². The highest BCUT2D eigenvalue weighted by Gasteiger charge is 2.19. The fraction of sp³-hybridized carbons (Fsp3) is 0.500. The Labute approximate surface area is 114 Å². The van der Waals surface area contributed by atoms with Crippen LogP contribution in [0, 0.1) is 5.92 Å². The van der Waals surface area contributed by atoms with Crippen molar-refractivity contribution in [1.29, 1.82) is 0 Å². The first-order chi connectivity index (χ1) is 8.70. The van der Waals surface area contributed by atoms with Crippen molar-refractivity contribution < 1.29 is 5.11 Å². The number of nitrogens with zero attached hydrogens (tertiary/aromatic N) is 1. The van der Waals surface area contributed by atoms with Crippen molar-refractivity contribution in [2.75, 3.05) is 19.7 Å². The Kier molecular flexibility index (Phi) is 4.69. The Morgan fingerprint density at radius 1 is 1.33 bits per heavy atom. The van der Waals surface area contributed by atoms with Crippen molar-refractivity contribution in [1.82, 2.24) is 4.90 Å². The fourth-order valence-corrected chi connectivity index (χ4v) is 2.67. The van der Waals surface area contributed by atoms with Crippen LogP contribution >= 0.6 is 12.2 Å². The van der Waals surface area contributed by atoms with Crippen molar-refractivity contribution in [3.05, 3.63) is 35.4 Å². The van der Waals surface area contributed by atoms with Gasteiger partial charge < -0.3 is 10.8 Å². The van der Waals surface area contributed by atoms with Crippen molar-refractivity contribution in [3.8, 4) is 0 Å². The standard InChI is InChI=1S/C14H20N2OS/c15-14(18)13-4-2-1-3-12(13)9-16-7-5-11(10-17)6-8-16/h1-4,11,17H,5-10H2,(H2,15,18). The minimum absolute atomic E-state index is 0.317. The number of hydrogen-bond donors (Lipinski definition) is 2. The van der Waals surface area contributed by atoms with E-state index < -0.39 is 0 Å². The molecule has 1 aromatic rings. The van der Waals surface area contributed by atoms with Gasteiger partial charge in [-0.3, -0.25) is 4.90 Å². The highest BCUT2D eigenvalue weighted by atomic mass is 32.1. The van der Waals surface area contributed by atoms with E-state index in [9.17, 15) is 0 Å². The van der Waals surface area contributed by atoms with E-state index in [-0.39, 0.29) is 0 Å². The Hall–Kier alpha value is -0.970. The second-order valence-electron chi connectivity index (χ2n) is 4.92. The van der Waals surface area contributed by atoms with E-state index in [1.165, 1.54) is 5.56 Å². The minimum Gasteiger partial charge on any atom is -0.396 e. The molecule has 0 bridgehead atoms. The van der Waals surface area contributed by atoms with Crippen LogP contribution in [-0.2, 0) is 6.54 Å². The molecular formula is C14H20N2OS. The second kappa shape index (κ2) is 6.27. The molecule has 0 atom stereocenters. The van der Waals surface area contributed by atoms with Crippen LogP contribution in [0.15, 0.2) is 24.3 Å². The molecule has 1 aliphatic rings. The van der Waals surface area contributed by atoms with Gasteiger partial charge in [-0.25, -0.2) is 0 Å². The molecule has 2 rings (SSSR count). The molecule has 1 aromatic carbocycles. The molecule has 0 spiro atoms. The topological polar surface area (TPSA) is 49.5 Å². The van der Waals surface area contributed by atoms with Gasteiger partial charge in [-0.1, -0.05) is 36.5 Å². The molecule has 1 aliphatic heterocycles. The lowest BCUT2D eigenvalue weighted by molar-refractivity contribution is 0.127. The van der Waals surface area contributed by atoms with Crippen LogP contribution in [-0.4, -0.2) is 34.7 Å². The first-order valence-corrected chi connectivity index (χ1v) is 6.82. The summed E-state index contributed by atoms with van der Waals surface area (Å²) in [5.74, 6) is 0.479. The van der Waals surface area contributed by atoms with E-state index in [0.717, 1.165) is 38.0 Å².